The lowest BCUT2D eigenvalue weighted by molar-refractivity contribution is 0.350. The third-order valence-corrected chi connectivity index (χ3v) is 4.32. The second-order valence-electron chi connectivity index (χ2n) is 4.98. The molecule has 0 aromatic heterocycles. The Kier molecular flexibility index (Phi) is 4.38. The van der Waals surface area contributed by atoms with Crippen molar-refractivity contribution in [2.45, 2.75) is 31.7 Å². The van der Waals surface area contributed by atoms with E-state index >= 15 is 0 Å². The SMILES string of the molecule is CC(C)(C)C(C#N)NS(=O)(=O)c1ccccc1Cl. The Morgan fingerprint density at radius 1 is 1.33 bits per heavy atom. The summed E-state index contributed by atoms with van der Waals surface area (Å²) in [6.07, 6.45) is 0. The van der Waals surface area contributed by atoms with Gasteiger partial charge in [-0.1, -0.05) is 44.5 Å². The largest absolute Gasteiger partial charge is 0.243 e. The molecule has 1 aromatic rings. The first-order valence-electron chi connectivity index (χ1n) is 5.35. The number of nitrogens with zero attached hydrogens (tertiary/aromatic N) is 1. The van der Waals surface area contributed by atoms with Crippen molar-refractivity contribution in [2.75, 3.05) is 0 Å². The molecule has 1 rings (SSSR count). The van der Waals surface area contributed by atoms with Crippen LogP contribution in [0.1, 0.15) is 20.8 Å². The minimum absolute atomic E-state index is 0.0174. The number of benzene rings is 1. The summed E-state index contributed by atoms with van der Waals surface area (Å²) in [4.78, 5) is -0.0174. The average molecular weight is 287 g/mol. The fourth-order valence-corrected chi connectivity index (χ4v) is 3.14. The van der Waals surface area contributed by atoms with E-state index in [1.54, 1.807) is 32.9 Å². The minimum Gasteiger partial charge on any atom is -0.207 e. The quantitative estimate of drug-likeness (QED) is 0.928. The molecule has 1 atom stereocenters. The van der Waals surface area contributed by atoms with Gasteiger partial charge in [0.1, 0.15) is 10.9 Å². The van der Waals surface area contributed by atoms with E-state index in [1.807, 2.05) is 6.07 Å². The van der Waals surface area contributed by atoms with Crippen LogP contribution in [-0.2, 0) is 10.0 Å². The van der Waals surface area contributed by atoms with Crippen LogP contribution in [0.5, 0.6) is 0 Å². The highest BCUT2D eigenvalue weighted by atomic mass is 35.5. The van der Waals surface area contributed by atoms with Crippen molar-refractivity contribution in [3.05, 3.63) is 29.3 Å². The lowest BCUT2D eigenvalue weighted by Crippen LogP contribution is -2.42. The maximum Gasteiger partial charge on any atom is 0.243 e. The Morgan fingerprint density at radius 3 is 2.33 bits per heavy atom. The first-order chi connectivity index (χ1) is 8.18. The number of hydrogen-bond acceptors (Lipinski definition) is 3. The van der Waals surface area contributed by atoms with Crippen LogP contribution in [0, 0.1) is 16.7 Å². The lowest BCUT2D eigenvalue weighted by atomic mass is 9.88. The number of sulfonamides is 1. The summed E-state index contributed by atoms with van der Waals surface area (Å²) in [6, 6.07) is 7.26. The zero-order valence-corrected chi connectivity index (χ0v) is 12.0. The van der Waals surface area contributed by atoms with E-state index in [-0.39, 0.29) is 9.92 Å². The van der Waals surface area contributed by atoms with E-state index < -0.39 is 21.5 Å². The van der Waals surface area contributed by atoms with Gasteiger partial charge in [-0.15, -0.1) is 0 Å². The molecule has 98 valence electrons. The van der Waals surface area contributed by atoms with E-state index in [9.17, 15) is 8.42 Å². The molecular formula is C12H15ClN2O2S. The summed E-state index contributed by atoms with van der Waals surface area (Å²) in [7, 11) is -3.79. The zero-order chi connectivity index (χ0) is 14.0. The summed E-state index contributed by atoms with van der Waals surface area (Å²) in [5, 5.41) is 9.17. The second-order valence-corrected chi connectivity index (χ2v) is 7.07. The summed E-state index contributed by atoms with van der Waals surface area (Å²) in [6.45, 7) is 5.36. The Balaban J connectivity index is 3.11. The van der Waals surface area contributed by atoms with Gasteiger partial charge in [-0.05, 0) is 17.5 Å². The van der Waals surface area contributed by atoms with Crippen LogP contribution in [0.2, 0.25) is 5.02 Å². The van der Waals surface area contributed by atoms with Gasteiger partial charge < -0.3 is 0 Å². The molecular weight excluding hydrogens is 272 g/mol. The van der Waals surface area contributed by atoms with Gasteiger partial charge in [-0.2, -0.15) is 9.98 Å². The molecule has 0 heterocycles. The summed E-state index contributed by atoms with van der Waals surface area (Å²) >= 11 is 5.85. The van der Waals surface area contributed by atoms with Gasteiger partial charge in [0.15, 0.2) is 0 Å². The highest BCUT2D eigenvalue weighted by Crippen LogP contribution is 2.24. The van der Waals surface area contributed by atoms with Crippen molar-refractivity contribution in [3.63, 3.8) is 0 Å². The lowest BCUT2D eigenvalue weighted by Gasteiger charge is -2.25. The number of halogens is 1. The van der Waals surface area contributed by atoms with Crippen molar-refractivity contribution in [1.82, 2.24) is 4.72 Å². The number of rotatable bonds is 3. The van der Waals surface area contributed by atoms with Gasteiger partial charge in [0.05, 0.1) is 11.1 Å². The molecule has 6 heteroatoms. The van der Waals surface area contributed by atoms with Crippen LogP contribution in [0.15, 0.2) is 29.2 Å². The van der Waals surface area contributed by atoms with Crippen molar-refractivity contribution in [1.29, 1.82) is 5.26 Å². The molecule has 0 amide bonds. The fraction of sp³-hybridized carbons (Fsp3) is 0.417. The normalized spacial score (nSPS) is 13.9. The van der Waals surface area contributed by atoms with Gasteiger partial charge in [0.2, 0.25) is 10.0 Å². The van der Waals surface area contributed by atoms with E-state index in [1.165, 1.54) is 12.1 Å². The van der Waals surface area contributed by atoms with Crippen LogP contribution in [-0.4, -0.2) is 14.5 Å². The maximum absolute atomic E-state index is 12.1. The predicted octanol–water partition coefficient (Wildman–Crippen LogP) is 2.56. The molecule has 1 aromatic carbocycles. The Hall–Kier alpha value is -1.09. The van der Waals surface area contributed by atoms with E-state index in [2.05, 4.69) is 4.72 Å². The molecule has 0 fully saturated rings. The van der Waals surface area contributed by atoms with Gasteiger partial charge in [-0.3, -0.25) is 0 Å². The monoisotopic (exact) mass is 286 g/mol. The number of nitriles is 1. The third kappa shape index (κ3) is 3.45. The molecule has 0 radical (unpaired) electrons. The highest BCUT2D eigenvalue weighted by Gasteiger charge is 2.30. The number of hydrogen-bond donors (Lipinski definition) is 1. The van der Waals surface area contributed by atoms with Crippen LogP contribution in [0.3, 0.4) is 0 Å². The van der Waals surface area contributed by atoms with E-state index in [4.69, 9.17) is 16.9 Å². The summed E-state index contributed by atoms with van der Waals surface area (Å²) in [5.74, 6) is 0. The first kappa shape index (κ1) is 15.0. The van der Waals surface area contributed by atoms with Crippen molar-refractivity contribution in [2.24, 2.45) is 5.41 Å². The Labute approximate surface area is 113 Å². The van der Waals surface area contributed by atoms with Gasteiger partial charge in [-0.25, -0.2) is 8.42 Å². The molecule has 1 N–H and O–H groups in total. The molecule has 0 aliphatic carbocycles. The molecule has 0 bridgehead atoms. The summed E-state index contributed by atoms with van der Waals surface area (Å²) < 4.78 is 26.6. The molecule has 0 aliphatic heterocycles. The first-order valence-corrected chi connectivity index (χ1v) is 7.21. The molecule has 0 saturated heterocycles. The molecule has 4 nitrogen and oxygen atoms in total. The zero-order valence-electron chi connectivity index (χ0n) is 10.4. The fourth-order valence-electron chi connectivity index (χ4n) is 1.28. The summed E-state index contributed by atoms with van der Waals surface area (Å²) in [5.41, 5.74) is -0.497. The van der Waals surface area contributed by atoms with Crippen molar-refractivity contribution < 1.29 is 8.42 Å². The minimum atomic E-state index is -3.79. The van der Waals surface area contributed by atoms with Crippen LogP contribution < -0.4 is 4.72 Å². The predicted molar refractivity (Wildman–Crippen MR) is 70.6 cm³/mol. The highest BCUT2D eigenvalue weighted by molar-refractivity contribution is 7.89. The molecule has 0 saturated carbocycles. The van der Waals surface area contributed by atoms with Gasteiger partial charge in [0, 0.05) is 0 Å². The smallest absolute Gasteiger partial charge is 0.207 e. The maximum atomic E-state index is 12.1. The van der Waals surface area contributed by atoms with Crippen LogP contribution >= 0.6 is 11.6 Å². The topological polar surface area (TPSA) is 70.0 Å². The standard InChI is InChI=1S/C12H15ClN2O2S/c1-12(2,3)11(8-14)15-18(16,17)10-7-5-4-6-9(10)13/h4-7,11,15H,1-3H3. The van der Waals surface area contributed by atoms with Crippen molar-refractivity contribution in [3.8, 4) is 6.07 Å². The molecule has 18 heavy (non-hydrogen) atoms. The Bertz CT molecular complexity index is 570. The average Bonchev–Trinajstić information content (AvgIpc) is 2.24. The second kappa shape index (κ2) is 5.27. The Morgan fingerprint density at radius 2 is 1.89 bits per heavy atom. The van der Waals surface area contributed by atoms with Crippen LogP contribution in [0.4, 0.5) is 0 Å². The third-order valence-electron chi connectivity index (χ3n) is 2.39. The molecule has 0 spiro atoms. The molecule has 1 unspecified atom stereocenters. The van der Waals surface area contributed by atoms with Crippen molar-refractivity contribution >= 4 is 21.6 Å². The number of nitrogens with one attached hydrogen (secondary N) is 1. The molecule has 0 aliphatic rings. The van der Waals surface area contributed by atoms with E-state index in [0.717, 1.165) is 0 Å². The van der Waals surface area contributed by atoms with Gasteiger partial charge >= 0.3 is 0 Å². The van der Waals surface area contributed by atoms with Gasteiger partial charge in [0.25, 0.3) is 0 Å². The van der Waals surface area contributed by atoms with Crippen LogP contribution in [0.25, 0.3) is 0 Å². The van der Waals surface area contributed by atoms with E-state index in [0.29, 0.717) is 0 Å².